The Morgan fingerprint density at radius 2 is 1.25 bits per heavy atom. The van der Waals surface area contributed by atoms with E-state index in [1.165, 1.54) is 38.5 Å². The van der Waals surface area contributed by atoms with Crippen LogP contribution in [-0.4, -0.2) is 37.9 Å². The number of rotatable bonds is 10. The highest BCUT2D eigenvalue weighted by atomic mass is 31.2. The van der Waals surface area contributed by atoms with Crippen molar-refractivity contribution in [1.29, 1.82) is 0 Å². The molecule has 4 heteroatoms. The Morgan fingerprint density at radius 1 is 0.900 bits per heavy atom. The van der Waals surface area contributed by atoms with Crippen LogP contribution in [0.4, 0.5) is 4.79 Å². The van der Waals surface area contributed by atoms with Crippen LogP contribution in [0.3, 0.4) is 0 Å². The van der Waals surface area contributed by atoms with E-state index in [2.05, 4.69) is 32.2 Å². The van der Waals surface area contributed by atoms with E-state index in [1.807, 2.05) is 0 Å². The zero-order chi connectivity index (χ0) is 15.9. The van der Waals surface area contributed by atoms with Gasteiger partial charge in [0.15, 0.2) is 0 Å². The number of hydrogen-bond acceptors (Lipinski definition) is 3. The summed E-state index contributed by atoms with van der Waals surface area (Å²) in [4.78, 5) is 9.27. The van der Waals surface area contributed by atoms with E-state index in [0.717, 1.165) is 0 Å². The monoisotopic (exact) mass is 306 g/mol. The average molecular weight is 306 g/mol. The average Bonchev–Trinajstić information content (AvgIpc) is 2.41. The van der Waals surface area contributed by atoms with Gasteiger partial charge in [0.05, 0.1) is 18.5 Å². The minimum atomic E-state index is -1.46. The lowest BCUT2D eigenvalue weighted by molar-refractivity contribution is -0.282. The van der Waals surface area contributed by atoms with Gasteiger partial charge in [-0.3, -0.25) is 0 Å². The molecule has 0 fully saturated rings. The molecule has 20 heavy (non-hydrogen) atoms. The summed E-state index contributed by atoms with van der Waals surface area (Å²) in [5, 5.41) is 9.27. The number of carbonyl (C=O) groups is 1. The quantitative estimate of drug-likeness (QED) is 0.444. The largest absolute Gasteiger partial charge is 0.550 e. The Bertz CT molecular complexity index is 198. The van der Waals surface area contributed by atoms with E-state index >= 15 is 0 Å². The standard InChI is InChI=1S/C13H30P.C3H6O3/c1-5-8-11-14(4,12-9-6-2)13-10-7-3;1-2-6-3(4)5/h5-13H2,1-4H3;2H2,1H3,(H,4,5)/q+1;/p-1. The molecule has 0 saturated heterocycles. The summed E-state index contributed by atoms with van der Waals surface area (Å²) >= 11 is 0. The molecule has 0 atom stereocenters. The molecule has 0 aliphatic carbocycles. The molecule has 3 nitrogen and oxygen atoms in total. The van der Waals surface area contributed by atoms with Gasteiger partial charge in [-0.05, 0) is 26.2 Å². The zero-order valence-corrected chi connectivity index (χ0v) is 15.1. The maximum absolute atomic E-state index is 9.27. The summed E-state index contributed by atoms with van der Waals surface area (Å²) in [5.41, 5.74) is 0. The molecule has 0 heterocycles. The van der Waals surface area contributed by atoms with Crippen molar-refractivity contribution in [2.24, 2.45) is 0 Å². The molecular weight excluding hydrogens is 271 g/mol. The van der Waals surface area contributed by atoms with Crippen LogP contribution in [0.25, 0.3) is 0 Å². The topological polar surface area (TPSA) is 49.4 Å². The summed E-state index contributed by atoms with van der Waals surface area (Å²) in [7, 11) is -0.519. The summed E-state index contributed by atoms with van der Waals surface area (Å²) in [6.45, 7) is 11.3. The number of carbonyl (C=O) groups excluding carboxylic acids is 1. The number of unbranched alkanes of at least 4 members (excludes halogenated alkanes) is 3. The molecule has 0 aliphatic heterocycles. The summed E-state index contributed by atoms with van der Waals surface area (Å²) < 4.78 is 3.85. The van der Waals surface area contributed by atoms with Crippen LogP contribution in [0.15, 0.2) is 0 Å². The molecule has 0 aromatic heterocycles. The van der Waals surface area contributed by atoms with Crippen LogP contribution >= 0.6 is 7.26 Å². The van der Waals surface area contributed by atoms with Crippen LogP contribution in [0, 0.1) is 0 Å². The van der Waals surface area contributed by atoms with Gasteiger partial charge >= 0.3 is 0 Å². The van der Waals surface area contributed by atoms with Gasteiger partial charge in [0.25, 0.3) is 6.16 Å². The second-order valence-electron chi connectivity index (χ2n) is 5.53. The van der Waals surface area contributed by atoms with Gasteiger partial charge in [0.1, 0.15) is 0 Å². The van der Waals surface area contributed by atoms with Crippen molar-refractivity contribution >= 4 is 13.4 Å². The van der Waals surface area contributed by atoms with Crippen LogP contribution in [0.5, 0.6) is 0 Å². The maximum atomic E-state index is 9.27. The maximum Gasteiger partial charge on any atom is 0.251 e. The van der Waals surface area contributed by atoms with Gasteiger partial charge in [0.2, 0.25) is 0 Å². The number of carboxylic acid groups (broad SMARTS) is 1. The van der Waals surface area contributed by atoms with Crippen LogP contribution in [0.1, 0.15) is 66.2 Å². The highest BCUT2D eigenvalue weighted by Gasteiger charge is 2.28. The van der Waals surface area contributed by atoms with Gasteiger partial charge in [-0.2, -0.15) is 0 Å². The molecule has 0 aromatic carbocycles. The third kappa shape index (κ3) is 15.8. The lowest BCUT2D eigenvalue weighted by Crippen LogP contribution is -2.23. The Balaban J connectivity index is 0. The van der Waals surface area contributed by atoms with E-state index in [-0.39, 0.29) is 6.61 Å². The normalized spacial score (nSPS) is 10.7. The predicted octanol–water partition coefficient (Wildman–Crippen LogP) is 4.40. The van der Waals surface area contributed by atoms with E-state index < -0.39 is 13.4 Å². The predicted molar refractivity (Wildman–Crippen MR) is 89.2 cm³/mol. The molecule has 0 N–H and O–H groups in total. The molecule has 0 rings (SSSR count). The molecule has 0 spiro atoms. The van der Waals surface area contributed by atoms with Crippen molar-refractivity contribution in [2.75, 3.05) is 31.8 Å². The van der Waals surface area contributed by atoms with Crippen molar-refractivity contribution in [3.8, 4) is 0 Å². The smallest absolute Gasteiger partial charge is 0.251 e. The minimum Gasteiger partial charge on any atom is -0.550 e. The van der Waals surface area contributed by atoms with Crippen molar-refractivity contribution in [1.82, 2.24) is 0 Å². The Labute approximate surface area is 126 Å². The SMILES string of the molecule is CCCC[P+](C)(CCCC)CCCC.CCOC(=O)[O-]. The Morgan fingerprint density at radius 3 is 1.40 bits per heavy atom. The van der Waals surface area contributed by atoms with Gasteiger partial charge in [-0.1, -0.05) is 40.0 Å². The molecule has 0 aliphatic rings. The van der Waals surface area contributed by atoms with Crippen LogP contribution in [-0.2, 0) is 4.74 Å². The molecule has 0 aromatic rings. The van der Waals surface area contributed by atoms with E-state index in [1.54, 1.807) is 25.4 Å². The van der Waals surface area contributed by atoms with Crippen molar-refractivity contribution < 1.29 is 14.6 Å². The molecular formula is C16H35O3P. The van der Waals surface area contributed by atoms with Gasteiger partial charge in [-0.15, -0.1) is 0 Å². The van der Waals surface area contributed by atoms with E-state index in [4.69, 9.17) is 0 Å². The van der Waals surface area contributed by atoms with Gasteiger partial charge in [-0.25, -0.2) is 0 Å². The van der Waals surface area contributed by atoms with Gasteiger partial charge in [0, 0.05) is 20.5 Å². The molecule has 122 valence electrons. The zero-order valence-electron chi connectivity index (χ0n) is 14.2. The van der Waals surface area contributed by atoms with Crippen molar-refractivity contribution in [3.05, 3.63) is 0 Å². The molecule has 0 radical (unpaired) electrons. The fourth-order valence-corrected chi connectivity index (χ4v) is 5.98. The lowest BCUT2D eigenvalue weighted by Gasteiger charge is -2.22. The molecule has 0 saturated carbocycles. The summed E-state index contributed by atoms with van der Waals surface area (Å²) in [6, 6.07) is 0. The first-order valence-electron chi connectivity index (χ1n) is 8.13. The van der Waals surface area contributed by atoms with Crippen LogP contribution < -0.4 is 5.11 Å². The molecule has 0 unspecified atom stereocenters. The fraction of sp³-hybridized carbons (Fsp3) is 0.938. The first-order chi connectivity index (χ1) is 9.45. The minimum absolute atomic E-state index is 0.169. The van der Waals surface area contributed by atoms with Crippen molar-refractivity contribution in [3.63, 3.8) is 0 Å². The summed E-state index contributed by atoms with van der Waals surface area (Å²) in [5.74, 6) is 0. The Kier molecular flexibility index (Phi) is 16.6. The molecule has 0 amide bonds. The van der Waals surface area contributed by atoms with Gasteiger partial charge < -0.3 is 14.6 Å². The highest BCUT2D eigenvalue weighted by Crippen LogP contribution is 2.57. The third-order valence-electron chi connectivity index (χ3n) is 3.42. The van der Waals surface area contributed by atoms with Crippen LogP contribution in [0.2, 0.25) is 0 Å². The molecule has 0 bridgehead atoms. The van der Waals surface area contributed by atoms with Crippen molar-refractivity contribution in [2.45, 2.75) is 66.2 Å². The number of ether oxygens (including phenoxy) is 1. The van der Waals surface area contributed by atoms with E-state index in [0.29, 0.717) is 0 Å². The Hall–Kier alpha value is -0.300. The fourth-order valence-electron chi connectivity index (χ4n) is 2.07. The number of hydrogen-bond donors (Lipinski definition) is 0. The first-order valence-corrected chi connectivity index (χ1v) is 10.9. The second-order valence-corrected chi connectivity index (χ2v) is 10.1. The lowest BCUT2D eigenvalue weighted by atomic mass is 10.4. The van der Waals surface area contributed by atoms with E-state index in [9.17, 15) is 9.90 Å². The first kappa shape index (κ1) is 22.0. The highest BCUT2D eigenvalue weighted by molar-refractivity contribution is 7.75. The third-order valence-corrected chi connectivity index (χ3v) is 7.60. The summed E-state index contributed by atoms with van der Waals surface area (Å²) in [6.07, 6.45) is 11.8. The second kappa shape index (κ2) is 15.1.